The Morgan fingerprint density at radius 2 is 2.10 bits per heavy atom. The number of methoxy groups -OCH3 is 1. The minimum absolute atomic E-state index is 0.0241. The molecule has 20 heavy (non-hydrogen) atoms. The lowest BCUT2D eigenvalue weighted by atomic mass is 10.1. The molecule has 0 fully saturated rings. The first-order valence-corrected chi connectivity index (χ1v) is 6.30. The number of aromatic nitrogens is 2. The van der Waals surface area contributed by atoms with Crippen LogP contribution in [0, 0.1) is 12.8 Å². The van der Waals surface area contributed by atoms with E-state index < -0.39 is 17.9 Å². The minimum atomic E-state index is -0.873. The van der Waals surface area contributed by atoms with Gasteiger partial charge in [-0.2, -0.15) is 0 Å². The van der Waals surface area contributed by atoms with Crippen LogP contribution in [0.2, 0.25) is 0 Å². The van der Waals surface area contributed by atoms with Crippen molar-refractivity contribution in [1.29, 1.82) is 0 Å². The van der Waals surface area contributed by atoms with E-state index in [0.29, 0.717) is 24.6 Å². The van der Waals surface area contributed by atoms with E-state index in [-0.39, 0.29) is 5.82 Å². The Balaban J connectivity index is 3.06. The van der Waals surface area contributed by atoms with E-state index in [4.69, 9.17) is 5.11 Å². The summed E-state index contributed by atoms with van der Waals surface area (Å²) in [6, 6.07) is 1.71. The Morgan fingerprint density at radius 3 is 2.60 bits per heavy atom. The number of esters is 1. The number of carbonyl (C=O) groups is 2. The highest BCUT2D eigenvalue weighted by Gasteiger charge is 2.19. The zero-order valence-corrected chi connectivity index (χ0v) is 12.1. The van der Waals surface area contributed by atoms with Gasteiger partial charge in [0.25, 0.3) is 0 Å². The van der Waals surface area contributed by atoms with Crippen LogP contribution in [0.4, 0.5) is 5.82 Å². The zero-order valence-electron chi connectivity index (χ0n) is 12.1. The van der Waals surface area contributed by atoms with Crippen LogP contribution in [0.5, 0.6) is 0 Å². The predicted octanol–water partition coefficient (Wildman–Crippen LogP) is 1.12. The molecule has 0 aromatic carbocycles. The Kier molecular flexibility index (Phi) is 5.42. The summed E-state index contributed by atoms with van der Waals surface area (Å²) in [6.45, 7) is 6.15. The van der Waals surface area contributed by atoms with Crippen LogP contribution in [-0.4, -0.2) is 47.2 Å². The standard InChI is InChI=1S/C13H19N3O4/c1-5-16(7-8(2)12(17)18)10-6-9(3)14-11(15-10)13(19)20-4/h6,8H,5,7H2,1-4H3,(H,17,18). The van der Waals surface area contributed by atoms with Crippen molar-refractivity contribution in [2.24, 2.45) is 5.92 Å². The van der Waals surface area contributed by atoms with Crippen LogP contribution < -0.4 is 4.90 Å². The van der Waals surface area contributed by atoms with Gasteiger partial charge in [0, 0.05) is 24.8 Å². The van der Waals surface area contributed by atoms with Crippen molar-refractivity contribution in [2.75, 3.05) is 25.1 Å². The van der Waals surface area contributed by atoms with Crippen LogP contribution in [-0.2, 0) is 9.53 Å². The highest BCUT2D eigenvalue weighted by molar-refractivity contribution is 5.85. The second kappa shape index (κ2) is 6.83. The second-order valence-electron chi connectivity index (χ2n) is 4.46. The van der Waals surface area contributed by atoms with Gasteiger partial charge in [0.2, 0.25) is 5.82 Å². The molecule has 0 aliphatic rings. The molecule has 0 radical (unpaired) electrons. The van der Waals surface area contributed by atoms with E-state index in [9.17, 15) is 9.59 Å². The van der Waals surface area contributed by atoms with Gasteiger partial charge in [-0.3, -0.25) is 4.79 Å². The third-order valence-electron chi connectivity index (χ3n) is 2.83. The number of aliphatic carboxylic acids is 1. The van der Waals surface area contributed by atoms with Gasteiger partial charge in [-0.25, -0.2) is 14.8 Å². The molecule has 1 atom stereocenters. The summed E-state index contributed by atoms with van der Waals surface area (Å²) in [5, 5.41) is 8.98. The normalized spacial score (nSPS) is 11.8. The van der Waals surface area contributed by atoms with Gasteiger partial charge in [-0.05, 0) is 13.8 Å². The Morgan fingerprint density at radius 1 is 1.45 bits per heavy atom. The molecule has 0 saturated heterocycles. The van der Waals surface area contributed by atoms with E-state index in [1.165, 1.54) is 7.11 Å². The molecule has 7 heteroatoms. The Labute approximate surface area is 117 Å². The molecular weight excluding hydrogens is 262 g/mol. The third kappa shape index (κ3) is 3.91. The van der Waals surface area contributed by atoms with Crippen molar-refractivity contribution in [2.45, 2.75) is 20.8 Å². The number of carboxylic acids is 1. The molecule has 0 amide bonds. The Bertz CT molecular complexity index is 504. The van der Waals surface area contributed by atoms with Gasteiger partial charge in [0.1, 0.15) is 5.82 Å². The highest BCUT2D eigenvalue weighted by atomic mass is 16.5. The Hall–Kier alpha value is -2.18. The van der Waals surface area contributed by atoms with Gasteiger partial charge in [-0.15, -0.1) is 0 Å². The van der Waals surface area contributed by atoms with Crippen molar-refractivity contribution in [1.82, 2.24) is 9.97 Å². The third-order valence-corrected chi connectivity index (χ3v) is 2.83. The van der Waals surface area contributed by atoms with Crippen molar-refractivity contribution < 1.29 is 19.4 Å². The smallest absolute Gasteiger partial charge is 0.376 e. The molecule has 7 nitrogen and oxygen atoms in total. The summed E-state index contributed by atoms with van der Waals surface area (Å²) in [7, 11) is 1.26. The largest absolute Gasteiger partial charge is 0.481 e. The SMILES string of the molecule is CCN(CC(C)C(=O)O)c1cc(C)nc(C(=O)OC)n1. The first kappa shape index (κ1) is 15.9. The number of nitrogens with zero attached hydrogens (tertiary/aromatic N) is 3. The molecule has 1 unspecified atom stereocenters. The molecule has 1 N–H and O–H groups in total. The summed E-state index contributed by atoms with van der Waals surface area (Å²) in [6.07, 6.45) is 0. The molecule has 0 spiro atoms. The second-order valence-corrected chi connectivity index (χ2v) is 4.46. The number of anilines is 1. The number of aryl methyl sites for hydroxylation is 1. The molecule has 1 aromatic heterocycles. The van der Waals surface area contributed by atoms with Crippen LogP contribution >= 0.6 is 0 Å². The van der Waals surface area contributed by atoms with E-state index in [1.807, 2.05) is 6.92 Å². The number of hydrogen-bond donors (Lipinski definition) is 1. The van der Waals surface area contributed by atoms with Gasteiger partial charge in [0.05, 0.1) is 13.0 Å². The maximum atomic E-state index is 11.5. The zero-order chi connectivity index (χ0) is 15.3. The average Bonchev–Trinajstić information content (AvgIpc) is 2.42. The fourth-order valence-corrected chi connectivity index (χ4v) is 1.69. The molecule has 0 aliphatic heterocycles. The summed E-state index contributed by atoms with van der Waals surface area (Å²) in [5.74, 6) is -1.52. The maximum Gasteiger partial charge on any atom is 0.376 e. The van der Waals surface area contributed by atoms with Crippen LogP contribution in [0.15, 0.2) is 6.07 Å². The van der Waals surface area contributed by atoms with E-state index in [2.05, 4.69) is 14.7 Å². The predicted molar refractivity (Wildman–Crippen MR) is 72.8 cm³/mol. The van der Waals surface area contributed by atoms with Crippen molar-refractivity contribution in [3.05, 3.63) is 17.6 Å². The van der Waals surface area contributed by atoms with Gasteiger partial charge in [0.15, 0.2) is 0 Å². The summed E-state index contributed by atoms with van der Waals surface area (Å²) >= 11 is 0. The van der Waals surface area contributed by atoms with E-state index >= 15 is 0 Å². The lowest BCUT2D eigenvalue weighted by molar-refractivity contribution is -0.140. The van der Waals surface area contributed by atoms with Crippen LogP contribution in [0.25, 0.3) is 0 Å². The topological polar surface area (TPSA) is 92.6 Å². The number of ether oxygens (including phenoxy) is 1. The molecule has 1 aromatic rings. The minimum Gasteiger partial charge on any atom is -0.481 e. The van der Waals surface area contributed by atoms with Gasteiger partial charge >= 0.3 is 11.9 Å². The molecule has 0 aliphatic carbocycles. The molecule has 1 heterocycles. The molecule has 110 valence electrons. The summed E-state index contributed by atoms with van der Waals surface area (Å²) in [4.78, 5) is 32.4. The molecule has 0 bridgehead atoms. The number of hydrogen-bond acceptors (Lipinski definition) is 6. The van der Waals surface area contributed by atoms with Crippen molar-refractivity contribution in [3.63, 3.8) is 0 Å². The number of carboxylic acid groups (broad SMARTS) is 1. The van der Waals surface area contributed by atoms with E-state index in [1.54, 1.807) is 24.8 Å². The lowest BCUT2D eigenvalue weighted by Gasteiger charge is -2.24. The van der Waals surface area contributed by atoms with E-state index in [0.717, 1.165) is 0 Å². The summed E-state index contributed by atoms with van der Waals surface area (Å²) < 4.78 is 4.60. The van der Waals surface area contributed by atoms with Crippen LogP contribution in [0.3, 0.4) is 0 Å². The molecule has 0 saturated carbocycles. The monoisotopic (exact) mass is 281 g/mol. The van der Waals surface area contributed by atoms with Crippen LogP contribution in [0.1, 0.15) is 30.2 Å². The fraction of sp³-hybridized carbons (Fsp3) is 0.538. The number of rotatable bonds is 6. The quantitative estimate of drug-likeness (QED) is 0.781. The lowest BCUT2D eigenvalue weighted by Crippen LogP contribution is -2.32. The van der Waals surface area contributed by atoms with Gasteiger partial charge < -0.3 is 14.7 Å². The molecular formula is C13H19N3O4. The highest BCUT2D eigenvalue weighted by Crippen LogP contribution is 2.15. The van der Waals surface area contributed by atoms with Crippen molar-refractivity contribution in [3.8, 4) is 0 Å². The maximum absolute atomic E-state index is 11.5. The summed E-state index contributed by atoms with van der Waals surface area (Å²) in [5.41, 5.74) is 0.622. The van der Waals surface area contributed by atoms with Crippen molar-refractivity contribution >= 4 is 17.8 Å². The molecule has 1 rings (SSSR count). The number of carbonyl (C=O) groups excluding carboxylic acids is 1. The van der Waals surface area contributed by atoms with Gasteiger partial charge in [-0.1, -0.05) is 6.92 Å². The first-order valence-electron chi connectivity index (χ1n) is 6.30. The first-order chi connectivity index (χ1) is 9.38. The fourth-order valence-electron chi connectivity index (χ4n) is 1.69. The average molecular weight is 281 g/mol.